The molecule has 176 valence electrons. The number of fused-ring (bicyclic) bond motifs is 2. The summed E-state index contributed by atoms with van der Waals surface area (Å²) >= 11 is 0. The maximum absolute atomic E-state index is 14.2. The fraction of sp³-hybridized carbons (Fsp3) is 0.321. The highest BCUT2D eigenvalue weighted by Gasteiger charge is 2.28. The van der Waals surface area contributed by atoms with Crippen molar-refractivity contribution >= 4 is 11.6 Å². The van der Waals surface area contributed by atoms with Gasteiger partial charge in [0, 0.05) is 18.7 Å². The summed E-state index contributed by atoms with van der Waals surface area (Å²) in [5.41, 5.74) is 6.99. The van der Waals surface area contributed by atoms with Crippen LogP contribution in [0.15, 0.2) is 54.6 Å². The molecule has 2 heterocycles. The molecule has 3 aromatic rings. The smallest absolute Gasteiger partial charge is 0.237 e. The molecule has 6 heteroatoms. The lowest BCUT2D eigenvalue weighted by molar-refractivity contribution is -0.123. The Morgan fingerprint density at radius 2 is 2.00 bits per heavy atom. The Hall–Kier alpha value is -3.38. The van der Waals surface area contributed by atoms with Gasteiger partial charge in [0.25, 0.3) is 0 Å². The molecule has 0 saturated heterocycles. The zero-order chi connectivity index (χ0) is 23.7. The highest BCUT2D eigenvalue weighted by Crippen LogP contribution is 2.32. The van der Waals surface area contributed by atoms with Gasteiger partial charge in [-0.15, -0.1) is 0 Å². The van der Waals surface area contributed by atoms with Crippen molar-refractivity contribution in [1.82, 2.24) is 10.6 Å². The number of rotatable bonds is 4. The van der Waals surface area contributed by atoms with Crippen molar-refractivity contribution in [3.8, 4) is 5.75 Å². The van der Waals surface area contributed by atoms with Crippen molar-refractivity contribution in [2.75, 3.05) is 18.4 Å². The average Bonchev–Trinajstić information content (AvgIpc) is 3.04. The quantitative estimate of drug-likeness (QED) is 0.473. The van der Waals surface area contributed by atoms with E-state index in [1.54, 1.807) is 12.1 Å². The van der Waals surface area contributed by atoms with Crippen LogP contribution in [0.2, 0.25) is 0 Å². The molecule has 3 aromatic carbocycles. The number of anilines is 1. The number of carbonyl (C=O) groups is 1. The summed E-state index contributed by atoms with van der Waals surface area (Å²) in [5, 5.41) is 20.0. The van der Waals surface area contributed by atoms with Gasteiger partial charge in [0.2, 0.25) is 5.91 Å². The van der Waals surface area contributed by atoms with Gasteiger partial charge < -0.3 is 21.1 Å². The number of halogens is 1. The summed E-state index contributed by atoms with van der Waals surface area (Å²) in [6.45, 7) is 3.45. The number of phenolic OH excluding ortho intramolecular Hbond substituents is 1. The standard InChI is InChI=1S/C28H30FN3O2/c1-17-12-21(33)15-19-8-10-31-27(16-22(17)19)28(34)32-26-9-11-30-25-7-6-18(14-23(25)26)13-20-4-2-3-5-24(20)29/h2-7,12,14-15,26-27,30-31,33H,8-11,13,16H2,1H3,(H,32,34). The van der Waals surface area contributed by atoms with Crippen LogP contribution in [0.4, 0.5) is 10.1 Å². The Balaban J connectivity index is 1.34. The number of aromatic hydroxyl groups is 1. The Kier molecular flexibility index (Phi) is 6.24. The molecule has 2 aliphatic rings. The zero-order valence-electron chi connectivity index (χ0n) is 19.3. The van der Waals surface area contributed by atoms with Crippen molar-refractivity contribution in [1.29, 1.82) is 0 Å². The molecule has 0 spiro atoms. The number of aryl methyl sites for hydroxylation is 1. The first-order chi connectivity index (χ1) is 16.5. The molecule has 0 radical (unpaired) electrons. The first-order valence-electron chi connectivity index (χ1n) is 11.9. The molecular formula is C28H30FN3O2. The van der Waals surface area contributed by atoms with E-state index in [1.165, 1.54) is 6.07 Å². The SMILES string of the molecule is Cc1cc(O)cc2c1CC(C(=O)NC1CCNc3ccc(Cc4ccccc4F)cc31)NCC2. The second-order valence-corrected chi connectivity index (χ2v) is 9.33. The van der Waals surface area contributed by atoms with Gasteiger partial charge >= 0.3 is 0 Å². The summed E-state index contributed by atoms with van der Waals surface area (Å²) in [6, 6.07) is 16.1. The molecule has 2 aliphatic heterocycles. The molecule has 2 atom stereocenters. The third kappa shape index (κ3) is 4.64. The number of carbonyl (C=O) groups excluding carboxylic acids is 1. The summed E-state index contributed by atoms with van der Waals surface area (Å²) < 4.78 is 14.2. The van der Waals surface area contributed by atoms with E-state index in [9.17, 15) is 14.3 Å². The maximum atomic E-state index is 14.2. The van der Waals surface area contributed by atoms with Gasteiger partial charge in [0.1, 0.15) is 11.6 Å². The number of hydrogen-bond donors (Lipinski definition) is 4. The molecule has 0 aliphatic carbocycles. The second kappa shape index (κ2) is 9.47. The molecule has 0 fully saturated rings. The first-order valence-corrected chi connectivity index (χ1v) is 11.9. The molecule has 0 saturated carbocycles. The fourth-order valence-corrected chi connectivity index (χ4v) is 5.19. The van der Waals surface area contributed by atoms with Crippen LogP contribution >= 0.6 is 0 Å². The zero-order valence-corrected chi connectivity index (χ0v) is 19.3. The number of benzene rings is 3. The van der Waals surface area contributed by atoms with Gasteiger partial charge in [0.15, 0.2) is 0 Å². The Labute approximate surface area is 199 Å². The van der Waals surface area contributed by atoms with Crippen LogP contribution in [0.5, 0.6) is 5.75 Å². The molecule has 4 N–H and O–H groups in total. The van der Waals surface area contributed by atoms with E-state index >= 15 is 0 Å². The van der Waals surface area contributed by atoms with Crippen molar-refractivity contribution in [3.63, 3.8) is 0 Å². The van der Waals surface area contributed by atoms with Gasteiger partial charge in [-0.05, 0) is 90.4 Å². The normalized spacial score (nSPS) is 19.4. The van der Waals surface area contributed by atoms with E-state index in [0.29, 0.717) is 24.9 Å². The Bertz CT molecular complexity index is 1230. The van der Waals surface area contributed by atoms with Crippen molar-refractivity contribution in [3.05, 3.63) is 93.8 Å². The van der Waals surface area contributed by atoms with E-state index in [4.69, 9.17) is 0 Å². The summed E-state index contributed by atoms with van der Waals surface area (Å²) in [4.78, 5) is 13.3. The summed E-state index contributed by atoms with van der Waals surface area (Å²) in [5.74, 6) is 0.0564. The highest BCUT2D eigenvalue weighted by atomic mass is 19.1. The number of nitrogens with one attached hydrogen (secondary N) is 3. The monoisotopic (exact) mass is 459 g/mol. The summed E-state index contributed by atoms with van der Waals surface area (Å²) in [7, 11) is 0. The fourth-order valence-electron chi connectivity index (χ4n) is 5.19. The minimum absolute atomic E-state index is 0.0160. The Morgan fingerprint density at radius 1 is 1.15 bits per heavy atom. The van der Waals surface area contributed by atoms with E-state index in [2.05, 4.69) is 22.0 Å². The molecule has 34 heavy (non-hydrogen) atoms. The molecule has 1 amide bonds. The largest absolute Gasteiger partial charge is 0.508 e. The van der Waals surface area contributed by atoms with Gasteiger partial charge in [-0.3, -0.25) is 4.79 Å². The lowest BCUT2D eigenvalue weighted by Gasteiger charge is -2.29. The third-order valence-corrected chi connectivity index (χ3v) is 6.97. The van der Waals surface area contributed by atoms with E-state index in [0.717, 1.165) is 52.9 Å². The minimum Gasteiger partial charge on any atom is -0.508 e. The third-order valence-electron chi connectivity index (χ3n) is 6.97. The average molecular weight is 460 g/mol. The second-order valence-electron chi connectivity index (χ2n) is 9.33. The van der Waals surface area contributed by atoms with Crippen molar-refractivity contribution < 1.29 is 14.3 Å². The van der Waals surface area contributed by atoms with Crippen molar-refractivity contribution in [2.24, 2.45) is 0 Å². The number of phenols is 1. The molecule has 5 rings (SSSR count). The molecule has 5 nitrogen and oxygen atoms in total. The van der Waals surface area contributed by atoms with Crippen LogP contribution < -0.4 is 16.0 Å². The predicted octanol–water partition coefficient (Wildman–Crippen LogP) is 4.16. The summed E-state index contributed by atoms with van der Waals surface area (Å²) in [6.07, 6.45) is 2.67. The number of hydrogen-bond acceptors (Lipinski definition) is 4. The molecule has 0 bridgehead atoms. The van der Waals surface area contributed by atoms with Crippen LogP contribution in [0, 0.1) is 12.7 Å². The van der Waals surface area contributed by atoms with Gasteiger partial charge in [0.05, 0.1) is 12.1 Å². The van der Waals surface area contributed by atoms with Crippen molar-refractivity contribution in [2.45, 2.75) is 44.7 Å². The predicted molar refractivity (Wildman–Crippen MR) is 132 cm³/mol. The first kappa shape index (κ1) is 22.4. The van der Waals surface area contributed by atoms with E-state index in [-0.39, 0.29) is 29.6 Å². The van der Waals surface area contributed by atoms with E-state index in [1.807, 2.05) is 37.3 Å². The lowest BCUT2D eigenvalue weighted by atomic mass is 9.92. The minimum atomic E-state index is -0.329. The highest BCUT2D eigenvalue weighted by molar-refractivity contribution is 5.83. The van der Waals surface area contributed by atoms with Crippen LogP contribution in [-0.2, 0) is 24.1 Å². The molecule has 2 unspecified atom stereocenters. The van der Waals surface area contributed by atoms with Crippen LogP contribution in [0.3, 0.4) is 0 Å². The van der Waals surface area contributed by atoms with E-state index < -0.39 is 0 Å². The van der Waals surface area contributed by atoms with Gasteiger partial charge in [-0.1, -0.05) is 30.3 Å². The van der Waals surface area contributed by atoms with Crippen LogP contribution in [0.1, 0.15) is 45.8 Å². The maximum Gasteiger partial charge on any atom is 0.237 e. The van der Waals surface area contributed by atoms with Crippen LogP contribution in [0.25, 0.3) is 0 Å². The molecule has 0 aromatic heterocycles. The van der Waals surface area contributed by atoms with Crippen LogP contribution in [-0.4, -0.2) is 30.1 Å². The molecular weight excluding hydrogens is 429 g/mol. The number of amides is 1. The Morgan fingerprint density at radius 3 is 2.85 bits per heavy atom. The van der Waals surface area contributed by atoms with Gasteiger partial charge in [-0.2, -0.15) is 0 Å². The topological polar surface area (TPSA) is 73.4 Å². The lowest BCUT2D eigenvalue weighted by Crippen LogP contribution is -2.47. The van der Waals surface area contributed by atoms with Gasteiger partial charge in [-0.25, -0.2) is 4.39 Å².